The average molecular weight is 349 g/mol. The molecule has 5 heteroatoms. The van der Waals surface area contributed by atoms with Crippen LogP contribution in [0.2, 0.25) is 0 Å². The van der Waals surface area contributed by atoms with Crippen molar-refractivity contribution in [1.82, 2.24) is 14.6 Å². The number of ether oxygens (including phenoxy) is 1. The van der Waals surface area contributed by atoms with Crippen LogP contribution in [0.4, 0.5) is 0 Å². The predicted molar refractivity (Wildman–Crippen MR) is 103 cm³/mol. The maximum absolute atomic E-state index is 5.74. The Morgan fingerprint density at radius 1 is 1.00 bits per heavy atom. The van der Waals surface area contributed by atoms with Crippen molar-refractivity contribution in [2.75, 3.05) is 12.4 Å². The van der Waals surface area contributed by atoms with Crippen LogP contribution in [0.3, 0.4) is 0 Å². The molecule has 0 aliphatic rings. The number of nitrogens with zero attached hydrogens (tertiary/aromatic N) is 3. The molecule has 0 amide bonds. The van der Waals surface area contributed by atoms with Gasteiger partial charge in [-0.05, 0) is 43.2 Å². The SMILES string of the molecule is Cc1cc2nnc(SCCCOc3ccccc3)n2c2ccccc12. The van der Waals surface area contributed by atoms with Crippen molar-refractivity contribution in [2.24, 2.45) is 0 Å². The van der Waals surface area contributed by atoms with E-state index >= 15 is 0 Å². The van der Waals surface area contributed by atoms with Crippen molar-refractivity contribution in [1.29, 1.82) is 0 Å². The minimum absolute atomic E-state index is 0.702. The first-order valence-corrected chi connectivity index (χ1v) is 9.35. The van der Waals surface area contributed by atoms with Crippen LogP contribution in [0.5, 0.6) is 5.75 Å². The van der Waals surface area contributed by atoms with Gasteiger partial charge >= 0.3 is 0 Å². The number of aryl methyl sites for hydroxylation is 1. The second-order valence-corrected chi connectivity index (χ2v) is 6.95. The molecular weight excluding hydrogens is 330 g/mol. The van der Waals surface area contributed by atoms with Gasteiger partial charge in [-0.1, -0.05) is 48.2 Å². The highest BCUT2D eigenvalue weighted by atomic mass is 32.2. The van der Waals surface area contributed by atoms with Crippen LogP contribution in [0.25, 0.3) is 16.6 Å². The Labute approximate surface area is 150 Å². The molecule has 2 aromatic carbocycles. The van der Waals surface area contributed by atoms with Gasteiger partial charge in [0.1, 0.15) is 5.75 Å². The highest BCUT2D eigenvalue weighted by Gasteiger charge is 2.11. The van der Waals surface area contributed by atoms with Gasteiger partial charge in [-0.15, -0.1) is 10.2 Å². The number of fused-ring (bicyclic) bond motifs is 3. The van der Waals surface area contributed by atoms with Crippen molar-refractivity contribution in [3.05, 3.63) is 66.2 Å². The summed E-state index contributed by atoms with van der Waals surface area (Å²) in [6.45, 7) is 2.82. The molecule has 0 radical (unpaired) electrons. The van der Waals surface area contributed by atoms with E-state index in [1.165, 1.54) is 10.9 Å². The normalized spacial score (nSPS) is 11.2. The summed E-state index contributed by atoms with van der Waals surface area (Å²) in [4.78, 5) is 0. The summed E-state index contributed by atoms with van der Waals surface area (Å²) in [5.41, 5.74) is 3.29. The van der Waals surface area contributed by atoms with Crippen LogP contribution in [0.15, 0.2) is 65.8 Å². The highest BCUT2D eigenvalue weighted by Crippen LogP contribution is 2.26. The van der Waals surface area contributed by atoms with Gasteiger partial charge < -0.3 is 4.74 Å². The molecule has 0 bridgehead atoms. The fraction of sp³-hybridized carbons (Fsp3) is 0.200. The number of rotatable bonds is 6. The third-order valence-electron chi connectivity index (χ3n) is 4.11. The summed E-state index contributed by atoms with van der Waals surface area (Å²) in [7, 11) is 0. The van der Waals surface area contributed by atoms with E-state index in [2.05, 4.69) is 51.9 Å². The van der Waals surface area contributed by atoms with Crippen LogP contribution < -0.4 is 4.74 Å². The Kier molecular flexibility index (Phi) is 4.57. The molecule has 0 saturated heterocycles. The number of pyridine rings is 1. The van der Waals surface area contributed by atoms with Gasteiger partial charge in [-0.25, -0.2) is 0 Å². The van der Waals surface area contributed by atoms with Gasteiger partial charge in [-0.2, -0.15) is 0 Å². The van der Waals surface area contributed by atoms with Crippen LogP contribution in [-0.4, -0.2) is 27.0 Å². The monoisotopic (exact) mass is 349 g/mol. The van der Waals surface area contributed by atoms with Gasteiger partial charge in [0.2, 0.25) is 0 Å². The number of benzene rings is 2. The maximum atomic E-state index is 5.74. The van der Waals surface area contributed by atoms with E-state index in [0.29, 0.717) is 6.61 Å². The second kappa shape index (κ2) is 7.15. The van der Waals surface area contributed by atoms with Crippen molar-refractivity contribution in [3.63, 3.8) is 0 Å². The zero-order chi connectivity index (χ0) is 17.1. The van der Waals surface area contributed by atoms with Crippen molar-refractivity contribution >= 4 is 28.3 Å². The van der Waals surface area contributed by atoms with Gasteiger partial charge in [0, 0.05) is 11.1 Å². The van der Waals surface area contributed by atoms with Crippen LogP contribution in [-0.2, 0) is 0 Å². The topological polar surface area (TPSA) is 39.4 Å². The molecule has 25 heavy (non-hydrogen) atoms. The molecule has 0 spiro atoms. The van der Waals surface area contributed by atoms with Crippen LogP contribution >= 0.6 is 11.8 Å². The fourth-order valence-corrected chi connectivity index (χ4v) is 3.76. The number of thioether (sulfide) groups is 1. The van der Waals surface area contributed by atoms with E-state index in [9.17, 15) is 0 Å². The zero-order valence-electron chi connectivity index (χ0n) is 14.1. The first-order chi connectivity index (χ1) is 12.3. The van der Waals surface area contributed by atoms with Gasteiger partial charge in [0.25, 0.3) is 0 Å². The zero-order valence-corrected chi connectivity index (χ0v) is 14.9. The first kappa shape index (κ1) is 16.0. The largest absolute Gasteiger partial charge is 0.494 e. The molecule has 4 rings (SSSR count). The summed E-state index contributed by atoms with van der Waals surface area (Å²) in [5.74, 6) is 1.86. The molecule has 4 aromatic rings. The summed E-state index contributed by atoms with van der Waals surface area (Å²) >= 11 is 1.72. The van der Waals surface area contributed by atoms with E-state index in [-0.39, 0.29) is 0 Å². The highest BCUT2D eigenvalue weighted by molar-refractivity contribution is 7.99. The van der Waals surface area contributed by atoms with Gasteiger partial charge in [0.05, 0.1) is 12.1 Å². The quantitative estimate of drug-likeness (QED) is 0.372. The molecule has 0 fully saturated rings. The van der Waals surface area contributed by atoms with Crippen molar-refractivity contribution < 1.29 is 4.74 Å². The number of hydrogen-bond acceptors (Lipinski definition) is 4. The van der Waals surface area contributed by atoms with E-state index in [0.717, 1.165) is 34.2 Å². The number of aromatic nitrogens is 3. The Balaban J connectivity index is 1.46. The molecule has 0 unspecified atom stereocenters. The minimum atomic E-state index is 0.702. The van der Waals surface area contributed by atoms with E-state index in [1.54, 1.807) is 11.8 Å². The lowest BCUT2D eigenvalue weighted by Crippen LogP contribution is -1.99. The fourth-order valence-electron chi connectivity index (χ4n) is 2.90. The van der Waals surface area contributed by atoms with Gasteiger partial charge in [-0.3, -0.25) is 4.40 Å². The Morgan fingerprint density at radius 3 is 2.68 bits per heavy atom. The molecular formula is C20H19N3OS. The van der Waals surface area contributed by atoms with E-state index < -0.39 is 0 Å². The standard InChI is InChI=1S/C20H19N3OS/c1-15-14-19-21-22-20(23(19)18-11-6-5-10-17(15)18)25-13-7-12-24-16-8-3-2-4-9-16/h2-6,8-11,14H,7,12-13H2,1H3. The third-order valence-corrected chi connectivity index (χ3v) is 5.12. The number of hydrogen-bond donors (Lipinski definition) is 0. The molecule has 2 aromatic heterocycles. The summed E-state index contributed by atoms with van der Waals surface area (Å²) in [6.07, 6.45) is 0.957. The molecule has 0 aliphatic heterocycles. The summed E-state index contributed by atoms with van der Waals surface area (Å²) < 4.78 is 7.89. The molecule has 0 aliphatic carbocycles. The molecule has 4 nitrogen and oxygen atoms in total. The van der Waals surface area contributed by atoms with Crippen LogP contribution in [0.1, 0.15) is 12.0 Å². The Bertz CT molecular complexity index is 998. The molecule has 2 heterocycles. The molecule has 0 saturated carbocycles. The third kappa shape index (κ3) is 3.33. The van der Waals surface area contributed by atoms with Gasteiger partial charge in [0.15, 0.2) is 10.8 Å². The molecule has 0 N–H and O–H groups in total. The smallest absolute Gasteiger partial charge is 0.196 e. The van der Waals surface area contributed by atoms with Crippen LogP contribution in [0, 0.1) is 6.92 Å². The Hall–Kier alpha value is -2.53. The lowest BCUT2D eigenvalue weighted by atomic mass is 10.1. The Morgan fingerprint density at radius 2 is 1.80 bits per heavy atom. The van der Waals surface area contributed by atoms with E-state index in [1.807, 2.05) is 30.3 Å². The van der Waals surface area contributed by atoms with E-state index in [4.69, 9.17) is 4.74 Å². The second-order valence-electron chi connectivity index (χ2n) is 5.88. The molecule has 126 valence electrons. The average Bonchev–Trinajstić information content (AvgIpc) is 3.05. The maximum Gasteiger partial charge on any atom is 0.196 e. The van der Waals surface area contributed by atoms with Crippen molar-refractivity contribution in [3.8, 4) is 5.75 Å². The van der Waals surface area contributed by atoms with Crippen molar-refractivity contribution in [2.45, 2.75) is 18.5 Å². The summed E-state index contributed by atoms with van der Waals surface area (Å²) in [5, 5.41) is 10.9. The lowest BCUT2D eigenvalue weighted by molar-refractivity contribution is 0.318. The summed E-state index contributed by atoms with van der Waals surface area (Å²) in [6, 6.07) is 20.4. The predicted octanol–water partition coefficient (Wildman–Crippen LogP) is 4.75. The number of para-hydroxylation sites is 2. The first-order valence-electron chi connectivity index (χ1n) is 8.37. The lowest BCUT2D eigenvalue weighted by Gasteiger charge is -2.07. The molecule has 0 atom stereocenters. The minimum Gasteiger partial charge on any atom is -0.494 e.